The van der Waals surface area contributed by atoms with Gasteiger partial charge in [0.2, 0.25) is 11.7 Å². The summed E-state index contributed by atoms with van der Waals surface area (Å²) in [5.41, 5.74) is 1.91. The Morgan fingerprint density at radius 2 is 1.94 bits per heavy atom. The normalized spacial score (nSPS) is 10.8. The summed E-state index contributed by atoms with van der Waals surface area (Å²) in [5.74, 6) is 2.22. The third kappa shape index (κ3) is 4.80. The Morgan fingerprint density at radius 1 is 1.10 bits per heavy atom. The average Bonchev–Trinajstić information content (AvgIpc) is 3.48. The zero-order valence-corrected chi connectivity index (χ0v) is 18.1. The summed E-state index contributed by atoms with van der Waals surface area (Å²) in [6.45, 7) is 0.500. The minimum absolute atomic E-state index is 0.00465. The van der Waals surface area contributed by atoms with Gasteiger partial charge in [-0.05, 0) is 42.0 Å². The number of furan rings is 1. The molecule has 0 spiro atoms. The number of hydrogen-bond acceptors (Lipinski definition) is 6. The van der Waals surface area contributed by atoms with Crippen molar-refractivity contribution in [2.24, 2.45) is 0 Å². The lowest BCUT2D eigenvalue weighted by Gasteiger charge is -2.17. The molecule has 7 nitrogen and oxygen atoms in total. The molecule has 1 amide bonds. The minimum Gasteiger partial charge on any atom is -0.497 e. The van der Waals surface area contributed by atoms with E-state index in [0.29, 0.717) is 23.3 Å². The van der Waals surface area contributed by atoms with Crippen molar-refractivity contribution in [3.05, 3.63) is 78.6 Å². The van der Waals surface area contributed by atoms with Crippen LogP contribution < -0.4 is 4.74 Å². The van der Waals surface area contributed by atoms with E-state index < -0.39 is 0 Å². The van der Waals surface area contributed by atoms with E-state index in [-0.39, 0.29) is 11.7 Å². The smallest absolute Gasteiger partial charge is 0.233 e. The van der Waals surface area contributed by atoms with E-state index in [2.05, 4.69) is 10.2 Å². The summed E-state index contributed by atoms with van der Waals surface area (Å²) in [6, 6.07) is 21.1. The van der Waals surface area contributed by atoms with Crippen LogP contribution in [0.1, 0.15) is 5.56 Å². The average molecular weight is 435 g/mol. The second-order valence-corrected chi connectivity index (χ2v) is 7.79. The lowest BCUT2D eigenvalue weighted by Crippen LogP contribution is -2.27. The number of nitrogens with zero attached hydrogens (tertiary/aromatic N) is 4. The Balaban J connectivity index is 1.50. The van der Waals surface area contributed by atoms with Crippen molar-refractivity contribution in [2.45, 2.75) is 11.7 Å². The monoisotopic (exact) mass is 434 g/mol. The third-order valence-electron chi connectivity index (χ3n) is 4.69. The zero-order valence-electron chi connectivity index (χ0n) is 17.3. The summed E-state index contributed by atoms with van der Waals surface area (Å²) in [6.07, 6.45) is 1.60. The number of thioether (sulfide) groups is 1. The van der Waals surface area contributed by atoms with Gasteiger partial charge in [-0.25, -0.2) is 0 Å². The van der Waals surface area contributed by atoms with Crippen LogP contribution in [-0.4, -0.2) is 45.5 Å². The lowest BCUT2D eigenvalue weighted by molar-refractivity contribution is -0.127. The standard InChI is InChI=1S/C23H22N4O3S/c1-26(15-17-8-6-11-19(14-17)29-2)21(28)16-31-23-25-24-22(20-12-7-13-30-20)27(23)18-9-4-3-5-10-18/h3-14H,15-16H2,1-2H3. The molecule has 0 bridgehead atoms. The van der Waals surface area contributed by atoms with Crippen LogP contribution in [0.5, 0.6) is 5.75 Å². The molecule has 0 aliphatic rings. The molecule has 0 saturated carbocycles. The van der Waals surface area contributed by atoms with Gasteiger partial charge < -0.3 is 14.1 Å². The largest absolute Gasteiger partial charge is 0.497 e. The van der Waals surface area contributed by atoms with Crippen molar-refractivity contribution < 1.29 is 13.9 Å². The minimum atomic E-state index is -0.00465. The Kier molecular flexibility index (Phi) is 6.37. The molecule has 4 aromatic rings. The topological polar surface area (TPSA) is 73.4 Å². The van der Waals surface area contributed by atoms with Crippen LogP contribution in [0.3, 0.4) is 0 Å². The fraction of sp³-hybridized carbons (Fsp3) is 0.174. The van der Waals surface area contributed by atoms with Crippen LogP contribution in [-0.2, 0) is 11.3 Å². The second kappa shape index (κ2) is 9.53. The number of rotatable bonds is 8. The second-order valence-electron chi connectivity index (χ2n) is 6.84. The molecule has 0 unspecified atom stereocenters. The number of methoxy groups -OCH3 is 1. The van der Waals surface area contributed by atoms with Crippen molar-refractivity contribution >= 4 is 17.7 Å². The number of amides is 1. The molecular formula is C23H22N4O3S. The highest BCUT2D eigenvalue weighted by atomic mass is 32.2. The highest BCUT2D eigenvalue weighted by Crippen LogP contribution is 2.28. The maximum absolute atomic E-state index is 12.8. The number of ether oxygens (including phenoxy) is 1. The fourth-order valence-corrected chi connectivity index (χ4v) is 4.00. The van der Waals surface area contributed by atoms with E-state index in [1.807, 2.05) is 71.3 Å². The first kappa shape index (κ1) is 20.7. The van der Waals surface area contributed by atoms with Crippen LogP contribution >= 0.6 is 11.8 Å². The molecule has 2 aromatic heterocycles. The van der Waals surface area contributed by atoms with Crippen LogP contribution in [0.2, 0.25) is 0 Å². The molecule has 0 radical (unpaired) electrons. The molecule has 0 saturated heterocycles. The van der Waals surface area contributed by atoms with E-state index in [1.165, 1.54) is 11.8 Å². The molecule has 158 valence electrons. The van der Waals surface area contributed by atoms with Crippen LogP contribution in [0.15, 0.2) is 82.6 Å². The Labute approximate surface area is 184 Å². The van der Waals surface area contributed by atoms with Crippen molar-refractivity contribution in [1.82, 2.24) is 19.7 Å². The van der Waals surface area contributed by atoms with E-state index in [4.69, 9.17) is 9.15 Å². The summed E-state index contributed by atoms with van der Waals surface area (Å²) in [7, 11) is 3.42. The Hall–Kier alpha value is -3.52. The van der Waals surface area contributed by atoms with Gasteiger partial charge in [-0.15, -0.1) is 10.2 Å². The van der Waals surface area contributed by atoms with Crippen LogP contribution in [0.4, 0.5) is 0 Å². The number of carbonyl (C=O) groups excluding carboxylic acids is 1. The van der Waals surface area contributed by atoms with Gasteiger partial charge in [-0.2, -0.15) is 0 Å². The number of aromatic nitrogens is 3. The van der Waals surface area contributed by atoms with Gasteiger partial charge in [0, 0.05) is 19.3 Å². The van der Waals surface area contributed by atoms with Crippen LogP contribution in [0, 0.1) is 0 Å². The first-order valence-electron chi connectivity index (χ1n) is 9.70. The predicted octanol–water partition coefficient (Wildman–Crippen LogP) is 4.29. The van der Waals surface area contributed by atoms with Crippen molar-refractivity contribution in [1.29, 1.82) is 0 Å². The van der Waals surface area contributed by atoms with Gasteiger partial charge >= 0.3 is 0 Å². The summed E-state index contributed by atoms with van der Waals surface area (Å²) in [5, 5.41) is 9.25. The summed E-state index contributed by atoms with van der Waals surface area (Å²) >= 11 is 1.35. The summed E-state index contributed by atoms with van der Waals surface area (Å²) < 4.78 is 12.7. The van der Waals surface area contributed by atoms with Crippen molar-refractivity contribution in [2.75, 3.05) is 19.9 Å². The number of benzene rings is 2. The molecular weight excluding hydrogens is 412 g/mol. The first-order valence-corrected chi connectivity index (χ1v) is 10.7. The molecule has 31 heavy (non-hydrogen) atoms. The highest BCUT2D eigenvalue weighted by molar-refractivity contribution is 7.99. The van der Waals surface area contributed by atoms with Gasteiger partial charge in [0.1, 0.15) is 5.75 Å². The summed E-state index contributed by atoms with van der Waals surface area (Å²) in [4.78, 5) is 14.4. The lowest BCUT2D eigenvalue weighted by atomic mass is 10.2. The molecule has 2 aromatic carbocycles. The Morgan fingerprint density at radius 3 is 2.68 bits per heavy atom. The maximum atomic E-state index is 12.8. The van der Waals surface area contributed by atoms with Gasteiger partial charge in [-0.3, -0.25) is 9.36 Å². The maximum Gasteiger partial charge on any atom is 0.233 e. The van der Waals surface area contributed by atoms with Gasteiger partial charge in [0.05, 0.1) is 19.1 Å². The molecule has 0 aliphatic carbocycles. The van der Waals surface area contributed by atoms with E-state index in [9.17, 15) is 4.79 Å². The third-order valence-corrected chi connectivity index (χ3v) is 5.61. The van der Waals surface area contributed by atoms with Crippen molar-refractivity contribution in [3.8, 4) is 23.0 Å². The quantitative estimate of drug-likeness (QED) is 0.385. The Bertz CT molecular complexity index is 1140. The van der Waals surface area contributed by atoms with Gasteiger partial charge in [0.25, 0.3) is 0 Å². The number of carbonyl (C=O) groups is 1. The predicted molar refractivity (Wildman–Crippen MR) is 119 cm³/mol. The van der Waals surface area contributed by atoms with Crippen molar-refractivity contribution in [3.63, 3.8) is 0 Å². The molecule has 4 rings (SSSR count). The molecule has 0 fully saturated rings. The first-order chi connectivity index (χ1) is 15.2. The number of hydrogen-bond donors (Lipinski definition) is 0. The van der Waals surface area contributed by atoms with Gasteiger partial charge in [-0.1, -0.05) is 42.1 Å². The SMILES string of the molecule is COc1cccc(CN(C)C(=O)CSc2nnc(-c3ccco3)n2-c2ccccc2)c1. The molecule has 0 N–H and O–H groups in total. The highest BCUT2D eigenvalue weighted by Gasteiger charge is 2.19. The molecule has 8 heteroatoms. The molecule has 2 heterocycles. The van der Waals surface area contributed by atoms with E-state index in [0.717, 1.165) is 17.0 Å². The number of para-hydroxylation sites is 1. The van der Waals surface area contributed by atoms with E-state index >= 15 is 0 Å². The fourth-order valence-electron chi connectivity index (χ4n) is 3.11. The zero-order chi connectivity index (χ0) is 21.6. The van der Waals surface area contributed by atoms with Crippen LogP contribution in [0.25, 0.3) is 17.3 Å². The molecule has 0 aliphatic heterocycles. The van der Waals surface area contributed by atoms with E-state index in [1.54, 1.807) is 25.3 Å². The molecule has 0 atom stereocenters. The van der Waals surface area contributed by atoms with Gasteiger partial charge in [0.15, 0.2) is 10.9 Å².